The smallest absolute Gasteiger partial charge is 0.410 e. The molecule has 0 N–H and O–H groups in total. The van der Waals surface area contributed by atoms with Gasteiger partial charge in [0.15, 0.2) is 6.61 Å². The standard InChI is InChI=1S/C21H21ClF2N4O3S/c22-19-12(20-26-13-2-8-30-10-16(13)32-20)9-14-18(19)15(1-3-25-14)27-4-6-28(7-5-27)21(29)31-11-17(23)24/h1,3,17H,2,4-11H2. The first kappa shape index (κ1) is 21.5. The third kappa shape index (κ3) is 4.06. The number of ether oxygens (including phenoxy) is 2. The molecule has 11 heteroatoms. The molecule has 7 nitrogen and oxygen atoms in total. The average Bonchev–Trinajstić information content (AvgIpc) is 3.38. The number of thiazole rings is 1. The maximum Gasteiger partial charge on any atom is 0.410 e. The minimum atomic E-state index is -2.67. The summed E-state index contributed by atoms with van der Waals surface area (Å²) in [6, 6.07) is 1.93. The molecule has 0 bridgehead atoms. The largest absolute Gasteiger partial charge is 0.443 e. The third-order valence-corrected chi connectivity index (χ3v) is 7.35. The van der Waals surface area contributed by atoms with Crippen LogP contribution in [0.3, 0.4) is 0 Å². The third-order valence-electron chi connectivity index (χ3n) is 5.80. The quantitative estimate of drug-likeness (QED) is 0.660. The monoisotopic (exact) mass is 482 g/mol. The Morgan fingerprint density at radius 1 is 1.28 bits per heavy atom. The number of nitrogens with zero attached hydrogens (tertiary/aromatic N) is 4. The summed E-state index contributed by atoms with van der Waals surface area (Å²) in [5.74, 6) is 0. The van der Waals surface area contributed by atoms with Crippen molar-refractivity contribution in [3.8, 4) is 0 Å². The van der Waals surface area contributed by atoms with Gasteiger partial charge in [0.2, 0.25) is 0 Å². The maximum absolute atomic E-state index is 12.3. The van der Waals surface area contributed by atoms with E-state index in [9.17, 15) is 13.6 Å². The number of aromatic nitrogens is 2. The molecule has 2 aromatic rings. The Morgan fingerprint density at radius 3 is 2.84 bits per heavy atom. The Kier molecular flexibility index (Phi) is 6.00. The van der Waals surface area contributed by atoms with Crippen LogP contribution in [0.2, 0.25) is 0 Å². The molecular formula is C21H21ClF2N4O3S. The van der Waals surface area contributed by atoms with Crippen molar-refractivity contribution in [2.75, 3.05) is 44.3 Å². The zero-order valence-corrected chi connectivity index (χ0v) is 18.7. The van der Waals surface area contributed by atoms with E-state index in [0.717, 1.165) is 44.5 Å². The first-order chi connectivity index (χ1) is 15.5. The summed E-state index contributed by atoms with van der Waals surface area (Å²) >= 11 is 8.50. The van der Waals surface area contributed by atoms with E-state index in [1.54, 1.807) is 17.5 Å². The van der Waals surface area contributed by atoms with E-state index in [0.29, 0.717) is 50.8 Å². The van der Waals surface area contributed by atoms with Gasteiger partial charge in [-0.2, -0.15) is 0 Å². The van der Waals surface area contributed by atoms with Crippen molar-refractivity contribution in [2.45, 2.75) is 25.9 Å². The fraction of sp³-hybridized carbons (Fsp3) is 0.476. The topological polar surface area (TPSA) is 67.8 Å². The van der Waals surface area contributed by atoms with E-state index in [4.69, 9.17) is 21.3 Å². The lowest BCUT2D eigenvalue weighted by Gasteiger charge is -2.36. The molecule has 1 amide bonds. The Balaban J connectivity index is 1.34. The molecular weight excluding hydrogens is 462 g/mol. The summed E-state index contributed by atoms with van der Waals surface area (Å²) in [7, 11) is 0. The molecule has 2 aromatic heterocycles. The van der Waals surface area contributed by atoms with E-state index in [-0.39, 0.29) is 0 Å². The number of carbonyl (C=O) groups is 1. The number of piperazine rings is 1. The molecule has 0 aromatic carbocycles. The highest BCUT2D eigenvalue weighted by atomic mass is 35.5. The summed E-state index contributed by atoms with van der Waals surface area (Å²) in [5, 5.41) is 1.58. The second-order valence-electron chi connectivity index (χ2n) is 7.75. The Morgan fingerprint density at radius 2 is 2.09 bits per heavy atom. The molecule has 32 heavy (non-hydrogen) atoms. The number of hydrogen-bond donors (Lipinski definition) is 0. The Labute approximate surface area is 192 Å². The van der Waals surface area contributed by atoms with Crippen LogP contribution in [0, 0.1) is 0 Å². The van der Waals surface area contributed by atoms with Crippen LogP contribution in [0.1, 0.15) is 26.8 Å². The number of rotatable bonds is 4. The van der Waals surface area contributed by atoms with Gasteiger partial charge < -0.3 is 19.3 Å². The molecule has 0 atom stereocenters. The van der Waals surface area contributed by atoms with Crippen LogP contribution >= 0.6 is 22.9 Å². The van der Waals surface area contributed by atoms with Gasteiger partial charge in [-0.25, -0.2) is 18.6 Å². The molecule has 0 unspecified atom stereocenters. The van der Waals surface area contributed by atoms with Gasteiger partial charge in [-0.1, -0.05) is 11.6 Å². The Hall–Kier alpha value is -2.30. The second kappa shape index (κ2) is 8.92. The van der Waals surface area contributed by atoms with Gasteiger partial charge >= 0.3 is 6.09 Å². The van der Waals surface area contributed by atoms with Gasteiger partial charge in [-0.05, 0) is 6.07 Å². The summed E-state index contributed by atoms with van der Waals surface area (Å²) in [6.07, 6.45) is -0.169. The van der Waals surface area contributed by atoms with Gasteiger partial charge in [0.1, 0.15) is 5.01 Å². The molecule has 0 radical (unpaired) electrons. The average molecular weight is 483 g/mol. The van der Waals surface area contributed by atoms with Crippen molar-refractivity contribution in [3.63, 3.8) is 0 Å². The first-order valence-corrected chi connectivity index (χ1v) is 11.6. The molecule has 5 rings (SSSR count). The van der Waals surface area contributed by atoms with Crippen LogP contribution in [0.5, 0.6) is 0 Å². The summed E-state index contributed by atoms with van der Waals surface area (Å²) in [4.78, 5) is 26.1. The van der Waals surface area contributed by atoms with Gasteiger partial charge in [-0.15, -0.1) is 11.3 Å². The number of halogens is 3. The van der Waals surface area contributed by atoms with Crippen LogP contribution < -0.4 is 4.90 Å². The zero-order valence-electron chi connectivity index (χ0n) is 17.2. The lowest BCUT2D eigenvalue weighted by atomic mass is 10.1. The highest BCUT2D eigenvalue weighted by Crippen LogP contribution is 2.45. The van der Waals surface area contributed by atoms with Crippen LogP contribution in [-0.2, 0) is 28.9 Å². The molecule has 1 saturated heterocycles. The minimum Gasteiger partial charge on any atom is -0.443 e. The lowest BCUT2D eigenvalue weighted by Crippen LogP contribution is -2.49. The van der Waals surface area contributed by atoms with E-state index in [1.807, 2.05) is 6.07 Å². The number of hydrogen-bond acceptors (Lipinski definition) is 7. The van der Waals surface area contributed by atoms with Crippen molar-refractivity contribution >= 4 is 45.3 Å². The molecule has 2 aliphatic heterocycles. The SMILES string of the molecule is O=C(OCC(F)F)N1CCN(c2ccnc3c2C(Cl)=C(c2nc4c(s2)COCC4)C3)CC1. The highest BCUT2D eigenvalue weighted by Gasteiger charge is 2.31. The molecule has 1 fully saturated rings. The van der Waals surface area contributed by atoms with Crippen LogP contribution in [0.25, 0.3) is 10.6 Å². The van der Waals surface area contributed by atoms with Crippen molar-refractivity contribution in [3.05, 3.63) is 39.1 Å². The summed E-state index contributed by atoms with van der Waals surface area (Å²) in [6.45, 7) is 2.26. The summed E-state index contributed by atoms with van der Waals surface area (Å²) in [5.41, 5.74) is 4.84. The lowest BCUT2D eigenvalue weighted by molar-refractivity contribution is 0.0311. The van der Waals surface area contributed by atoms with Crippen LogP contribution in [0.15, 0.2) is 12.3 Å². The van der Waals surface area contributed by atoms with Gasteiger partial charge in [0, 0.05) is 62.0 Å². The molecule has 0 spiro atoms. The van der Waals surface area contributed by atoms with Gasteiger partial charge in [0.25, 0.3) is 6.43 Å². The molecule has 170 valence electrons. The maximum atomic E-state index is 12.3. The molecule has 0 saturated carbocycles. The predicted octanol–water partition coefficient (Wildman–Crippen LogP) is 3.80. The van der Waals surface area contributed by atoms with Gasteiger partial charge in [-0.3, -0.25) is 4.98 Å². The van der Waals surface area contributed by atoms with E-state index < -0.39 is 19.1 Å². The number of alkyl halides is 2. The predicted molar refractivity (Wildman–Crippen MR) is 117 cm³/mol. The van der Waals surface area contributed by atoms with Crippen LogP contribution in [-0.4, -0.2) is 66.8 Å². The van der Waals surface area contributed by atoms with Gasteiger partial charge in [0.05, 0.1) is 34.5 Å². The Bertz CT molecular complexity index is 1050. The number of amides is 1. The van der Waals surface area contributed by atoms with Crippen LogP contribution in [0.4, 0.5) is 19.3 Å². The van der Waals surface area contributed by atoms with E-state index in [1.165, 1.54) is 4.90 Å². The van der Waals surface area contributed by atoms with E-state index in [2.05, 4.69) is 14.6 Å². The number of allylic oxidation sites excluding steroid dienone is 1. The normalized spacial score (nSPS) is 18.2. The molecule has 1 aliphatic carbocycles. The van der Waals surface area contributed by atoms with E-state index >= 15 is 0 Å². The number of fused-ring (bicyclic) bond motifs is 2. The number of carbonyl (C=O) groups excluding carboxylic acids is 1. The van der Waals surface area contributed by atoms with Crippen molar-refractivity contribution < 1.29 is 23.0 Å². The molecule has 3 aliphatic rings. The zero-order chi connectivity index (χ0) is 22.2. The number of anilines is 1. The van der Waals surface area contributed by atoms with Crippen molar-refractivity contribution in [2.24, 2.45) is 0 Å². The minimum absolute atomic E-state index is 0.382. The summed E-state index contributed by atoms with van der Waals surface area (Å²) < 4.78 is 34.8. The first-order valence-electron chi connectivity index (χ1n) is 10.4. The second-order valence-corrected chi connectivity index (χ2v) is 9.22. The number of pyridine rings is 1. The fourth-order valence-corrected chi connectivity index (χ4v) is 5.72. The molecule has 4 heterocycles. The fourth-order valence-electron chi connectivity index (χ4n) is 4.21. The van der Waals surface area contributed by atoms with Crippen molar-refractivity contribution in [1.29, 1.82) is 0 Å². The highest BCUT2D eigenvalue weighted by molar-refractivity contribution is 7.13. The van der Waals surface area contributed by atoms with Crippen molar-refractivity contribution in [1.82, 2.24) is 14.9 Å².